The summed E-state index contributed by atoms with van der Waals surface area (Å²) in [5, 5.41) is 3.42. The van der Waals surface area contributed by atoms with Gasteiger partial charge in [-0.3, -0.25) is 0 Å². The standard InChI is InChI=1S/C20H21NO2/c1-22-19-10-6-5-9-17(19)13-14-21-15-18-11-12-20(23-18)16-7-3-2-4-8-16/h2-12,21H,13-15H2,1H3. The lowest BCUT2D eigenvalue weighted by Crippen LogP contribution is -2.16. The number of para-hydroxylation sites is 1. The van der Waals surface area contributed by atoms with Gasteiger partial charge in [-0.05, 0) is 36.7 Å². The van der Waals surface area contributed by atoms with Crippen molar-refractivity contribution in [2.45, 2.75) is 13.0 Å². The number of methoxy groups -OCH3 is 1. The number of benzene rings is 2. The van der Waals surface area contributed by atoms with Gasteiger partial charge in [0.1, 0.15) is 17.3 Å². The molecule has 0 amide bonds. The number of hydrogen-bond acceptors (Lipinski definition) is 3. The maximum Gasteiger partial charge on any atom is 0.134 e. The van der Waals surface area contributed by atoms with Gasteiger partial charge in [0.25, 0.3) is 0 Å². The van der Waals surface area contributed by atoms with E-state index in [2.05, 4.69) is 23.5 Å². The molecule has 0 bridgehead atoms. The molecule has 3 aromatic rings. The van der Waals surface area contributed by atoms with E-state index in [-0.39, 0.29) is 0 Å². The van der Waals surface area contributed by atoms with Gasteiger partial charge in [0, 0.05) is 5.56 Å². The predicted octanol–water partition coefficient (Wildman–Crippen LogP) is 4.29. The molecular weight excluding hydrogens is 286 g/mol. The number of hydrogen-bond donors (Lipinski definition) is 1. The first-order valence-corrected chi connectivity index (χ1v) is 7.83. The maximum atomic E-state index is 5.88. The summed E-state index contributed by atoms with van der Waals surface area (Å²) in [6, 6.07) is 22.3. The van der Waals surface area contributed by atoms with Crippen LogP contribution in [0.2, 0.25) is 0 Å². The third-order valence-electron chi connectivity index (χ3n) is 3.78. The molecule has 0 atom stereocenters. The van der Waals surface area contributed by atoms with Crippen molar-refractivity contribution >= 4 is 0 Å². The maximum absolute atomic E-state index is 5.88. The van der Waals surface area contributed by atoms with Crippen LogP contribution in [0.25, 0.3) is 11.3 Å². The first-order chi connectivity index (χ1) is 11.4. The van der Waals surface area contributed by atoms with Crippen LogP contribution in [0.3, 0.4) is 0 Å². The van der Waals surface area contributed by atoms with Gasteiger partial charge in [-0.25, -0.2) is 0 Å². The number of ether oxygens (including phenoxy) is 1. The van der Waals surface area contributed by atoms with Gasteiger partial charge in [0.15, 0.2) is 0 Å². The molecule has 23 heavy (non-hydrogen) atoms. The zero-order valence-corrected chi connectivity index (χ0v) is 13.3. The monoisotopic (exact) mass is 307 g/mol. The summed E-state index contributed by atoms with van der Waals surface area (Å²) in [4.78, 5) is 0. The Bertz CT molecular complexity index is 734. The fraction of sp³-hybridized carbons (Fsp3) is 0.200. The van der Waals surface area contributed by atoms with E-state index in [4.69, 9.17) is 9.15 Å². The minimum atomic E-state index is 0.724. The third kappa shape index (κ3) is 4.02. The van der Waals surface area contributed by atoms with Crippen molar-refractivity contribution in [2.24, 2.45) is 0 Å². The van der Waals surface area contributed by atoms with Crippen molar-refractivity contribution < 1.29 is 9.15 Å². The quantitative estimate of drug-likeness (QED) is 0.661. The fourth-order valence-electron chi connectivity index (χ4n) is 2.57. The van der Waals surface area contributed by atoms with Crippen LogP contribution in [-0.2, 0) is 13.0 Å². The highest BCUT2D eigenvalue weighted by Gasteiger charge is 2.05. The molecule has 0 aliphatic rings. The SMILES string of the molecule is COc1ccccc1CCNCc1ccc(-c2ccccc2)o1. The Balaban J connectivity index is 1.51. The third-order valence-corrected chi connectivity index (χ3v) is 3.78. The van der Waals surface area contributed by atoms with Crippen LogP contribution in [0.1, 0.15) is 11.3 Å². The van der Waals surface area contributed by atoms with Crippen LogP contribution in [-0.4, -0.2) is 13.7 Å². The molecule has 0 radical (unpaired) electrons. The van der Waals surface area contributed by atoms with Crippen LogP contribution in [0.5, 0.6) is 5.75 Å². The van der Waals surface area contributed by atoms with Crippen LogP contribution < -0.4 is 10.1 Å². The van der Waals surface area contributed by atoms with E-state index in [9.17, 15) is 0 Å². The largest absolute Gasteiger partial charge is 0.496 e. The Morgan fingerprint density at radius 1 is 0.913 bits per heavy atom. The highest BCUT2D eigenvalue weighted by molar-refractivity contribution is 5.57. The number of rotatable bonds is 7. The normalized spacial score (nSPS) is 10.7. The molecule has 1 aromatic heterocycles. The van der Waals surface area contributed by atoms with Crippen molar-refractivity contribution in [2.75, 3.05) is 13.7 Å². The zero-order valence-electron chi connectivity index (χ0n) is 13.3. The highest BCUT2D eigenvalue weighted by Crippen LogP contribution is 2.21. The van der Waals surface area contributed by atoms with Gasteiger partial charge in [0.05, 0.1) is 13.7 Å². The van der Waals surface area contributed by atoms with Crippen LogP contribution in [0.15, 0.2) is 71.1 Å². The van der Waals surface area contributed by atoms with E-state index in [0.29, 0.717) is 0 Å². The number of furan rings is 1. The lowest BCUT2D eigenvalue weighted by atomic mass is 10.1. The molecule has 2 aromatic carbocycles. The van der Waals surface area contributed by atoms with E-state index in [1.54, 1.807) is 7.11 Å². The zero-order chi connectivity index (χ0) is 15.9. The van der Waals surface area contributed by atoms with Crippen molar-refractivity contribution in [1.29, 1.82) is 0 Å². The van der Waals surface area contributed by atoms with Crippen LogP contribution in [0, 0.1) is 0 Å². The van der Waals surface area contributed by atoms with Crippen LogP contribution >= 0.6 is 0 Å². The molecule has 0 aliphatic heterocycles. The molecule has 118 valence electrons. The summed E-state index contributed by atoms with van der Waals surface area (Å²) < 4.78 is 11.2. The smallest absolute Gasteiger partial charge is 0.134 e. The molecule has 0 fully saturated rings. The Hall–Kier alpha value is -2.52. The van der Waals surface area contributed by atoms with Gasteiger partial charge in [-0.2, -0.15) is 0 Å². The average Bonchev–Trinajstić information content (AvgIpc) is 3.09. The van der Waals surface area contributed by atoms with Crippen molar-refractivity contribution in [1.82, 2.24) is 5.32 Å². The number of nitrogens with one attached hydrogen (secondary N) is 1. The Kier molecular flexibility index (Phi) is 5.12. The highest BCUT2D eigenvalue weighted by atomic mass is 16.5. The Labute approximate surface area is 136 Å². The van der Waals surface area contributed by atoms with Gasteiger partial charge >= 0.3 is 0 Å². The van der Waals surface area contributed by atoms with Gasteiger partial charge < -0.3 is 14.5 Å². The Morgan fingerprint density at radius 2 is 1.70 bits per heavy atom. The van der Waals surface area contributed by atoms with Gasteiger partial charge in [-0.15, -0.1) is 0 Å². The molecule has 1 N–H and O–H groups in total. The summed E-state index contributed by atoms with van der Waals surface area (Å²) in [6.45, 7) is 1.60. The molecule has 0 aliphatic carbocycles. The molecule has 3 rings (SSSR count). The molecule has 0 spiro atoms. The molecule has 3 heteroatoms. The van der Waals surface area contributed by atoms with Crippen molar-refractivity contribution in [3.8, 4) is 17.1 Å². The summed E-state index contributed by atoms with van der Waals surface area (Å²) >= 11 is 0. The molecule has 0 saturated heterocycles. The first kappa shape index (κ1) is 15.4. The second-order valence-electron chi connectivity index (χ2n) is 5.37. The summed E-state index contributed by atoms with van der Waals surface area (Å²) in [7, 11) is 1.71. The summed E-state index contributed by atoms with van der Waals surface area (Å²) in [5.41, 5.74) is 2.32. The summed E-state index contributed by atoms with van der Waals surface area (Å²) in [6.07, 6.45) is 0.927. The lowest BCUT2D eigenvalue weighted by molar-refractivity contribution is 0.408. The van der Waals surface area contributed by atoms with Gasteiger partial charge in [0.2, 0.25) is 0 Å². The van der Waals surface area contributed by atoms with E-state index in [1.807, 2.05) is 48.5 Å². The summed E-state index contributed by atoms with van der Waals surface area (Å²) in [5.74, 6) is 2.80. The minimum Gasteiger partial charge on any atom is -0.496 e. The predicted molar refractivity (Wildman–Crippen MR) is 92.5 cm³/mol. The molecule has 0 unspecified atom stereocenters. The van der Waals surface area contributed by atoms with E-state index in [1.165, 1.54) is 5.56 Å². The Morgan fingerprint density at radius 3 is 2.52 bits per heavy atom. The van der Waals surface area contributed by atoms with Crippen molar-refractivity contribution in [3.63, 3.8) is 0 Å². The first-order valence-electron chi connectivity index (χ1n) is 7.83. The lowest BCUT2D eigenvalue weighted by Gasteiger charge is -2.08. The molecular formula is C20H21NO2. The van der Waals surface area contributed by atoms with Crippen LogP contribution in [0.4, 0.5) is 0 Å². The van der Waals surface area contributed by atoms with E-state index in [0.717, 1.165) is 42.3 Å². The average molecular weight is 307 g/mol. The van der Waals surface area contributed by atoms with Crippen molar-refractivity contribution in [3.05, 3.63) is 78.1 Å². The van der Waals surface area contributed by atoms with E-state index >= 15 is 0 Å². The minimum absolute atomic E-state index is 0.724. The van der Waals surface area contributed by atoms with Gasteiger partial charge in [-0.1, -0.05) is 48.5 Å². The second kappa shape index (κ2) is 7.65. The topological polar surface area (TPSA) is 34.4 Å². The molecule has 0 saturated carbocycles. The molecule has 3 nitrogen and oxygen atoms in total. The van der Waals surface area contributed by atoms with E-state index < -0.39 is 0 Å². The second-order valence-corrected chi connectivity index (χ2v) is 5.37. The fourth-order valence-corrected chi connectivity index (χ4v) is 2.57. The molecule has 1 heterocycles.